The van der Waals surface area contributed by atoms with E-state index < -0.39 is 0 Å². The van der Waals surface area contributed by atoms with Crippen molar-refractivity contribution in [3.05, 3.63) is 66.4 Å². The summed E-state index contributed by atoms with van der Waals surface area (Å²) >= 11 is 0. The Kier molecular flexibility index (Phi) is 3.28. The van der Waals surface area contributed by atoms with Gasteiger partial charge >= 0.3 is 0 Å². The highest BCUT2D eigenvalue weighted by molar-refractivity contribution is 6.05. The lowest BCUT2D eigenvalue weighted by molar-refractivity contribution is 0.0941. The van der Waals surface area contributed by atoms with Gasteiger partial charge < -0.3 is 5.32 Å². The van der Waals surface area contributed by atoms with Crippen LogP contribution >= 0.6 is 0 Å². The van der Waals surface area contributed by atoms with Crippen molar-refractivity contribution in [3.8, 4) is 0 Å². The number of rotatable bonds is 2. The minimum absolute atomic E-state index is 0.0360. The maximum Gasteiger partial charge on any atom is 0.255 e. The largest absolute Gasteiger partial charge is 0.322 e. The first-order valence-corrected chi connectivity index (χ1v) is 6.63. The van der Waals surface area contributed by atoms with Gasteiger partial charge in [0.25, 0.3) is 5.91 Å². The van der Waals surface area contributed by atoms with E-state index in [2.05, 4.69) is 5.32 Å². The van der Waals surface area contributed by atoms with Gasteiger partial charge in [0.15, 0.2) is 0 Å². The van der Waals surface area contributed by atoms with Crippen molar-refractivity contribution in [1.29, 1.82) is 0 Å². The van der Waals surface area contributed by atoms with E-state index in [0.717, 1.165) is 10.9 Å². The smallest absolute Gasteiger partial charge is 0.255 e. The van der Waals surface area contributed by atoms with Crippen molar-refractivity contribution in [2.75, 3.05) is 5.32 Å². The van der Waals surface area contributed by atoms with E-state index in [-0.39, 0.29) is 11.8 Å². The van der Waals surface area contributed by atoms with Crippen molar-refractivity contribution >= 4 is 28.4 Å². The molecule has 0 aliphatic carbocycles. The van der Waals surface area contributed by atoms with Crippen LogP contribution in [0.25, 0.3) is 10.9 Å². The van der Waals surface area contributed by atoms with Crippen LogP contribution in [-0.2, 0) is 0 Å². The average molecular weight is 278 g/mol. The molecule has 4 heteroatoms. The lowest BCUT2D eigenvalue weighted by Gasteiger charge is -2.06. The summed E-state index contributed by atoms with van der Waals surface area (Å²) in [6.07, 6.45) is 1.73. The van der Waals surface area contributed by atoms with E-state index >= 15 is 0 Å². The number of anilines is 1. The first-order chi connectivity index (χ1) is 10.1. The molecule has 1 aromatic heterocycles. The normalized spacial score (nSPS) is 10.5. The molecule has 0 unspecified atom stereocenters. The molecule has 0 saturated heterocycles. The molecule has 0 spiro atoms. The van der Waals surface area contributed by atoms with Gasteiger partial charge in [-0.2, -0.15) is 0 Å². The summed E-state index contributed by atoms with van der Waals surface area (Å²) in [7, 11) is 0. The van der Waals surface area contributed by atoms with E-state index in [4.69, 9.17) is 0 Å². The van der Waals surface area contributed by atoms with Gasteiger partial charge in [-0.15, -0.1) is 0 Å². The summed E-state index contributed by atoms with van der Waals surface area (Å²) in [5.41, 5.74) is 2.15. The van der Waals surface area contributed by atoms with Crippen LogP contribution in [0, 0.1) is 0 Å². The molecule has 21 heavy (non-hydrogen) atoms. The van der Waals surface area contributed by atoms with Crippen LogP contribution in [-0.4, -0.2) is 16.4 Å². The Balaban J connectivity index is 1.89. The van der Waals surface area contributed by atoms with Crippen LogP contribution in [0.3, 0.4) is 0 Å². The summed E-state index contributed by atoms with van der Waals surface area (Å²) in [5.74, 6) is -0.188. The molecule has 0 radical (unpaired) electrons. The molecule has 3 rings (SSSR count). The van der Waals surface area contributed by atoms with E-state index in [9.17, 15) is 9.59 Å². The Morgan fingerprint density at radius 1 is 1.00 bits per heavy atom. The number of amides is 1. The fraction of sp³-hybridized carbons (Fsp3) is 0.0588. The molecular weight excluding hydrogens is 264 g/mol. The van der Waals surface area contributed by atoms with E-state index in [1.807, 2.05) is 36.4 Å². The second-order valence-electron chi connectivity index (χ2n) is 4.80. The molecule has 0 fully saturated rings. The van der Waals surface area contributed by atoms with Crippen LogP contribution in [0.4, 0.5) is 5.69 Å². The summed E-state index contributed by atoms with van der Waals surface area (Å²) in [6.45, 7) is 1.52. The van der Waals surface area contributed by atoms with Gasteiger partial charge in [-0.3, -0.25) is 14.2 Å². The number of hydrogen-bond donors (Lipinski definition) is 1. The number of nitrogens with zero attached hydrogens (tertiary/aromatic N) is 1. The third-order valence-electron chi connectivity index (χ3n) is 3.32. The predicted molar refractivity (Wildman–Crippen MR) is 82.6 cm³/mol. The van der Waals surface area contributed by atoms with Gasteiger partial charge in [-0.25, -0.2) is 0 Å². The molecule has 3 aromatic rings. The number of carbonyl (C=O) groups excluding carboxylic acids is 2. The van der Waals surface area contributed by atoms with Crippen LogP contribution in [0.1, 0.15) is 22.1 Å². The predicted octanol–water partition coefficient (Wildman–Crippen LogP) is 3.55. The van der Waals surface area contributed by atoms with Gasteiger partial charge in [0.2, 0.25) is 5.91 Å². The van der Waals surface area contributed by atoms with Crippen LogP contribution < -0.4 is 5.32 Å². The standard InChI is InChI=1S/C17H14N2O2/c1-12(20)19-10-9-14-11-15(7-8-16(14)19)18-17(21)13-5-3-2-4-6-13/h2-11H,1H3,(H,18,21). The molecule has 1 amide bonds. The molecule has 104 valence electrons. The van der Waals surface area contributed by atoms with Crippen molar-refractivity contribution < 1.29 is 9.59 Å². The topological polar surface area (TPSA) is 51.1 Å². The molecule has 1 N–H and O–H groups in total. The number of hydrogen-bond acceptors (Lipinski definition) is 2. The first kappa shape index (κ1) is 13.1. The minimum atomic E-state index is -0.152. The fourth-order valence-electron chi connectivity index (χ4n) is 2.29. The molecule has 0 atom stereocenters. The molecule has 0 bridgehead atoms. The third-order valence-corrected chi connectivity index (χ3v) is 3.32. The molecule has 0 aliphatic rings. The SMILES string of the molecule is CC(=O)n1ccc2cc(NC(=O)c3ccccc3)ccc21. The fourth-order valence-corrected chi connectivity index (χ4v) is 2.29. The summed E-state index contributed by atoms with van der Waals surface area (Å²) < 4.78 is 1.58. The highest BCUT2D eigenvalue weighted by Crippen LogP contribution is 2.21. The highest BCUT2D eigenvalue weighted by Gasteiger charge is 2.08. The van der Waals surface area contributed by atoms with Gasteiger partial charge in [-0.05, 0) is 36.4 Å². The summed E-state index contributed by atoms with van der Waals surface area (Å²) in [5, 5.41) is 3.77. The van der Waals surface area contributed by atoms with Gasteiger partial charge in [0.05, 0.1) is 5.52 Å². The Morgan fingerprint density at radius 2 is 1.76 bits per heavy atom. The van der Waals surface area contributed by atoms with Crippen molar-refractivity contribution in [3.63, 3.8) is 0 Å². The Labute approximate surface area is 122 Å². The van der Waals surface area contributed by atoms with Crippen LogP contribution in [0.2, 0.25) is 0 Å². The third kappa shape index (κ3) is 2.56. The summed E-state index contributed by atoms with van der Waals surface area (Å²) in [6, 6.07) is 16.4. The average Bonchev–Trinajstić information content (AvgIpc) is 2.91. The van der Waals surface area contributed by atoms with Gasteiger partial charge in [0, 0.05) is 29.8 Å². The highest BCUT2D eigenvalue weighted by atomic mass is 16.2. The minimum Gasteiger partial charge on any atom is -0.322 e. The molecule has 4 nitrogen and oxygen atoms in total. The quantitative estimate of drug-likeness (QED) is 0.779. The van der Waals surface area contributed by atoms with E-state index in [0.29, 0.717) is 11.3 Å². The number of carbonyl (C=O) groups is 2. The molecule has 0 saturated carbocycles. The van der Waals surface area contributed by atoms with Crippen LogP contribution in [0.15, 0.2) is 60.8 Å². The Bertz CT molecular complexity index is 819. The van der Waals surface area contributed by atoms with E-state index in [1.54, 1.807) is 29.0 Å². The van der Waals surface area contributed by atoms with Crippen molar-refractivity contribution in [2.45, 2.75) is 6.92 Å². The van der Waals surface area contributed by atoms with E-state index in [1.165, 1.54) is 6.92 Å². The van der Waals surface area contributed by atoms with Gasteiger partial charge in [0.1, 0.15) is 0 Å². The number of fused-ring (bicyclic) bond motifs is 1. The Hall–Kier alpha value is -2.88. The second kappa shape index (κ2) is 5.25. The first-order valence-electron chi connectivity index (χ1n) is 6.63. The molecule has 2 aromatic carbocycles. The Morgan fingerprint density at radius 3 is 2.48 bits per heavy atom. The number of benzene rings is 2. The monoisotopic (exact) mass is 278 g/mol. The zero-order valence-electron chi connectivity index (χ0n) is 11.5. The maximum atomic E-state index is 12.1. The second-order valence-corrected chi connectivity index (χ2v) is 4.80. The number of nitrogens with one attached hydrogen (secondary N) is 1. The molecule has 1 heterocycles. The molecule has 0 aliphatic heterocycles. The maximum absolute atomic E-state index is 12.1. The zero-order valence-corrected chi connectivity index (χ0v) is 11.5. The lowest BCUT2D eigenvalue weighted by atomic mass is 10.2. The number of aromatic nitrogens is 1. The van der Waals surface area contributed by atoms with Gasteiger partial charge in [-0.1, -0.05) is 18.2 Å². The van der Waals surface area contributed by atoms with Crippen molar-refractivity contribution in [1.82, 2.24) is 4.57 Å². The van der Waals surface area contributed by atoms with Crippen LogP contribution in [0.5, 0.6) is 0 Å². The summed E-state index contributed by atoms with van der Waals surface area (Å²) in [4.78, 5) is 23.6. The zero-order chi connectivity index (χ0) is 14.8. The molecular formula is C17H14N2O2. The lowest BCUT2D eigenvalue weighted by Crippen LogP contribution is -2.11. The van der Waals surface area contributed by atoms with Crippen molar-refractivity contribution in [2.24, 2.45) is 0 Å².